The number of carbonyl (C=O) groups excluding carboxylic acids is 16. The lowest BCUT2D eigenvalue weighted by Gasteiger charge is -2.34. The van der Waals surface area contributed by atoms with Crippen LogP contribution in [0, 0.1) is 23.2 Å². The predicted molar refractivity (Wildman–Crippen MR) is 442 cm³/mol. The quantitative estimate of drug-likeness (QED) is 0.0107. The van der Waals surface area contributed by atoms with Gasteiger partial charge in [-0.15, -0.1) is 3.89 Å². The summed E-state index contributed by atoms with van der Waals surface area (Å²) < 4.78 is 42.3. The van der Waals surface area contributed by atoms with Gasteiger partial charge >= 0.3 is 22.2 Å². The fourth-order valence-corrected chi connectivity index (χ4v) is 13.1. The van der Waals surface area contributed by atoms with Crippen molar-refractivity contribution in [3.8, 4) is 5.75 Å². The van der Waals surface area contributed by atoms with Gasteiger partial charge in [0.05, 0.1) is 30.5 Å². The highest BCUT2D eigenvalue weighted by Gasteiger charge is 2.43. The Morgan fingerprint density at radius 1 is 0.650 bits per heavy atom. The van der Waals surface area contributed by atoms with Gasteiger partial charge in [-0.3, -0.25) is 91.7 Å². The summed E-state index contributed by atoms with van der Waals surface area (Å²) in [6.07, 6.45) is 0.264. The van der Waals surface area contributed by atoms with E-state index in [9.17, 15) is 99.2 Å². The van der Waals surface area contributed by atoms with Crippen molar-refractivity contribution in [2.75, 3.05) is 26.7 Å². The predicted octanol–water partition coefficient (Wildman–Crippen LogP) is -2.52. The van der Waals surface area contributed by atoms with E-state index in [1.165, 1.54) is 20.8 Å². The maximum atomic E-state index is 15.1. The highest BCUT2D eigenvalue weighted by atomic mass is 32.3. The average molecular weight is 1760 g/mol. The molecule has 0 saturated heterocycles. The van der Waals surface area contributed by atoms with Crippen LogP contribution in [0.15, 0.2) is 65.6 Å². The van der Waals surface area contributed by atoms with Crippen LogP contribution in [0.25, 0.3) is 0 Å². The van der Waals surface area contributed by atoms with Crippen molar-refractivity contribution in [3.05, 3.63) is 71.8 Å². The number of amides is 16. The molecule has 2 aromatic carbocycles. The molecule has 0 aliphatic carbocycles. The third-order valence-corrected chi connectivity index (χ3v) is 21.0. The Balaban J connectivity index is 2.02. The maximum absolute atomic E-state index is 15.1. The van der Waals surface area contributed by atoms with Crippen LogP contribution in [0.2, 0.25) is 0 Å². The molecule has 682 valence electrons. The number of hydrogen-bond donors (Lipinski definition) is 21. The number of nitrogens with one attached hydrogen (secondary N) is 16. The fraction of sp³-hybridized carbons (Fsp3) is 0.582. The summed E-state index contributed by atoms with van der Waals surface area (Å²) in [5.41, 5.74) is 13.1. The summed E-state index contributed by atoms with van der Waals surface area (Å²) in [6, 6.07) is -5.07. The summed E-state index contributed by atoms with van der Waals surface area (Å²) in [6.45, 7) is 13.0. The Hall–Kier alpha value is -12.4. The van der Waals surface area contributed by atoms with Crippen LogP contribution < -0.4 is 102 Å². The number of ether oxygens (including phenoxy) is 1. The van der Waals surface area contributed by atoms with E-state index in [1.807, 2.05) is 0 Å². The molecule has 24 N–H and O–H groups in total. The third-order valence-electron chi connectivity index (χ3n) is 20.2. The molecule has 0 saturated carbocycles. The minimum Gasteiger partial charge on any atom is -0.496 e. The standard InChI is InChI=1S/C79H120FN19O23S/c1-12-43(5)62-73(116)87-41-59(102)90-55(39-61(105)106)72(115)99-78(9,75(118)95-53(64(82)107)37-47-24-19-18-20-25-47)33-21-16-14-15-17-22-34-79(10,76(119)97-62)98-71(114)50(26-23-35-85-77(83)84)92-69(112)54(36-42(3)4)94-68(111)51(28-31-58(81)101)93-67(110)52(29-32-60(103)104)91-65(108)45(7)88-74(117)63(44(6)13-2)96-70(113)56(89-46(8)100)40-86-66(109)49-38-48(123(80,120)121)27-30-57(49)122-11/h14-15,18-20,24-25,27,30,38,42-45,50-56,62-63H,12-13,16-17,21-23,26,28-29,31-37,39-41H2,1-11H3,(H2,81,101)(H2,82,107)(H,86,109)(H,87,116)(H,88,117)(H,89,100)(H,90,102)(H,91,108)(H,92,112)(H,93,110)(H,94,111)(H,95,118)(H,96,113)(H,97,119)(H,98,114)(H,99,115)(H,103,104)(H,105,106)(H4,83,84,85)/b15-14-/t43-,44-,45-,50-,51-,52-,53-,54-,55-,56-,62-,63-,78-,79-/m0/s1. The number of allylic oxidation sites excluding steroid dienone is 2. The molecule has 42 nitrogen and oxygen atoms in total. The number of rotatable bonds is 43. The van der Waals surface area contributed by atoms with Gasteiger partial charge in [0.15, 0.2) is 5.96 Å². The number of guanidine groups is 1. The highest BCUT2D eigenvalue weighted by Crippen LogP contribution is 2.25. The molecule has 123 heavy (non-hydrogen) atoms. The number of benzene rings is 2. The summed E-state index contributed by atoms with van der Waals surface area (Å²) in [5, 5.41) is 64.8. The molecule has 0 aromatic heterocycles. The Labute approximate surface area is 712 Å². The number of hydrogen-bond acceptors (Lipinski definition) is 22. The zero-order valence-electron chi connectivity index (χ0n) is 70.9. The van der Waals surface area contributed by atoms with Crippen LogP contribution in [-0.4, -0.2) is 229 Å². The maximum Gasteiger partial charge on any atom is 0.332 e. The van der Waals surface area contributed by atoms with Crippen LogP contribution in [0.5, 0.6) is 5.75 Å². The van der Waals surface area contributed by atoms with Gasteiger partial charge in [-0.1, -0.05) is 96.9 Å². The van der Waals surface area contributed by atoms with Gasteiger partial charge in [-0.2, -0.15) is 8.42 Å². The Morgan fingerprint density at radius 3 is 1.77 bits per heavy atom. The molecule has 0 radical (unpaired) electrons. The molecule has 0 spiro atoms. The number of primary amides is 2. The van der Waals surface area contributed by atoms with Crippen LogP contribution in [0.1, 0.15) is 188 Å². The summed E-state index contributed by atoms with van der Waals surface area (Å²) >= 11 is 0. The van der Waals surface area contributed by atoms with E-state index in [1.54, 1.807) is 77.1 Å². The lowest BCUT2D eigenvalue weighted by molar-refractivity contribution is -0.142. The van der Waals surface area contributed by atoms with Crippen molar-refractivity contribution in [1.82, 2.24) is 79.8 Å². The third kappa shape index (κ3) is 36.4. The Kier molecular flexibility index (Phi) is 43.2. The van der Waals surface area contributed by atoms with Crippen molar-refractivity contribution in [3.63, 3.8) is 0 Å². The number of carboxylic acid groups (broad SMARTS) is 2. The molecular formula is C79H120FN19O23S. The number of halogens is 1. The van der Waals surface area contributed by atoms with E-state index in [0.29, 0.717) is 11.6 Å². The molecule has 0 bridgehead atoms. The molecule has 44 heteroatoms. The number of carbonyl (C=O) groups is 18. The molecule has 1 aliphatic heterocycles. The largest absolute Gasteiger partial charge is 0.496 e. The molecule has 3 rings (SSSR count). The average Bonchev–Trinajstić information content (AvgIpc) is 0.931. The molecule has 0 unspecified atom stereocenters. The summed E-state index contributed by atoms with van der Waals surface area (Å²) in [7, 11) is -4.17. The lowest BCUT2D eigenvalue weighted by atomic mass is 9.90. The molecular weight excluding hydrogens is 1630 g/mol. The molecule has 2 aromatic rings. The summed E-state index contributed by atoms with van der Waals surface area (Å²) in [5.74, 6) is -21.8. The first-order valence-electron chi connectivity index (χ1n) is 40.2. The van der Waals surface area contributed by atoms with Crippen molar-refractivity contribution >= 4 is 123 Å². The van der Waals surface area contributed by atoms with Crippen molar-refractivity contribution in [1.29, 1.82) is 5.41 Å². The smallest absolute Gasteiger partial charge is 0.332 e. The topological polar surface area (TPSA) is 673 Å². The van der Waals surface area contributed by atoms with Crippen molar-refractivity contribution in [2.45, 2.75) is 255 Å². The van der Waals surface area contributed by atoms with Gasteiger partial charge in [0.1, 0.15) is 77.2 Å². The van der Waals surface area contributed by atoms with E-state index in [0.717, 1.165) is 33.1 Å². The van der Waals surface area contributed by atoms with Gasteiger partial charge in [0.25, 0.3) is 5.91 Å². The molecule has 0 fully saturated rings. The van der Waals surface area contributed by atoms with E-state index in [2.05, 4.69) is 79.8 Å². The first kappa shape index (κ1) is 105. The van der Waals surface area contributed by atoms with Gasteiger partial charge in [0, 0.05) is 39.3 Å². The SMILES string of the molecule is CC[C@H](C)[C@H](NC(=O)[C@H](CNC(=O)c1cc(S(=O)(=O)F)ccc1OC)NC(C)=O)C(=O)N[C@@H](C)C(=O)N[C@@H](CCC(=O)O)C(=O)N[C@@H](CCC(N)=O)C(=O)N[C@@H](CC(C)C)C(=O)N[C@@H](CCCNC(=N)N)C(=O)N[C@@]1(C)CCC/C=C\CCC[C@@](C)(C(=O)N[C@@H](Cc2ccccc2)C(N)=O)NC(=O)[C@H](CC(=O)O)NC(=O)CNC(=O)[C@H]([C@@H](C)CC)NC1=O. The highest BCUT2D eigenvalue weighted by molar-refractivity contribution is 7.86. The van der Waals surface area contributed by atoms with Crippen LogP contribution in [-0.2, 0) is 98.2 Å². The van der Waals surface area contributed by atoms with Gasteiger partial charge in [0.2, 0.25) is 88.6 Å². The number of methoxy groups -OCH3 is 1. The number of carboxylic acids is 2. The molecule has 1 heterocycles. The van der Waals surface area contributed by atoms with Gasteiger partial charge in [-0.05, 0) is 133 Å². The second-order valence-electron chi connectivity index (χ2n) is 30.9. The zero-order valence-corrected chi connectivity index (χ0v) is 71.7. The van der Waals surface area contributed by atoms with Crippen molar-refractivity contribution in [2.24, 2.45) is 35.0 Å². The monoisotopic (exact) mass is 1750 g/mol. The minimum atomic E-state index is -5.31. The molecule has 14 atom stereocenters. The van der Waals surface area contributed by atoms with E-state index >= 15 is 9.59 Å². The number of nitrogens with two attached hydrogens (primary N) is 3. The molecule has 1 aliphatic rings. The second kappa shape index (κ2) is 50.7. The second-order valence-corrected chi connectivity index (χ2v) is 32.3. The van der Waals surface area contributed by atoms with E-state index in [-0.39, 0.29) is 89.3 Å². The lowest BCUT2D eigenvalue weighted by Crippen LogP contribution is -2.64. The fourth-order valence-electron chi connectivity index (χ4n) is 12.7. The van der Waals surface area contributed by atoms with E-state index in [4.69, 9.17) is 27.3 Å². The van der Waals surface area contributed by atoms with E-state index < -0.39 is 268 Å². The number of aliphatic carboxylic acids is 2. The first-order chi connectivity index (χ1) is 57.6. The van der Waals surface area contributed by atoms with Crippen LogP contribution in [0.4, 0.5) is 3.89 Å². The minimum absolute atomic E-state index is 0.00134. The van der Waals surface area contributed by atoms with Crippen molar-refractivity contribution < 1.29 is 114 Å². The Morgan fingerprint density at radius 2 is 1.23 bits per heavy atom. The molecule has 16 amide bonds. The summed E-state index contributed by atoms with van der Waals surface area (Å²) in [4.78, 5) is 247. The zero-order chi connectivity index (χ0) is 92.8. The Bertz CT molecular complexity index is 4270. The van der Waals surface area contributed by atoms with Gasteiger partial charge in [-0.25, -0.2) is 0 Å². The van der Waals surface area contributed by atoms with Crippen LogP contribution in [0.3, 0.4) is 0 Å². The first-order valence-corrected chi connectivity index (χ1v) is 41.6. The van der Waals surface area contributed by atoms with Crippen LogP contribution >= 0.6 is 0 Å². The van der Waals surface area contributed by atoms with Gasteiger partial charge < -0.3 is 112 Å². The normalized spacial score (nSPS) is 19.5.